The van der Waals surface area contributed by atoms with Crippen molar-refractivity contribution < 1.29 is 9.18 Å². The maximum atomic E-state index is 13.6. The molecule has 1 aliphatic rings. The number of piperidine rings is 1. The molecule has 0 saturated carbocycles. The lowest BCUT2D eigenvalue weighted by Gasteiger charge is -2.32. The van der Waals surface area contributed by atoms with Crippen molar-refractivity contribution in [1.82, 2.24) is 5.32 Å². The van der Waals surface area contributed by atoms with E-state index in [0.717, 1.165) is 24.6 Å². The average Bonchev–Trinajstić information content (AvgIpc) is 2.66. The molecule has 138 valence electrons. The molecule has 0 aliphatic carbocycles. The van der Waals surface area contributed by atoms with Gasteiger partial charge in [0.1, 0.15) is 5.82 Å². The fraction of sp³-hybridized carbons (Fsp3) is 0.409. The Morgan fingerprint density at radius 3 is 2.69 bits per heavy atom. The molecule has 1 fully saturated rings. The third kappa shape index (κ3) is 5.07. The van der Waals surface area contributed by atoms with Gasteiger partial charge in [0.05, 0.1) is 0 Å². The summed E-state index contributed by atoms with van der Waals surface area (Å²) < 4.78 is 13.6. The van der Waals surface area contributed by atoms with Crippen LogP contribution >= 0.6 is 0 Å². The van der Waals surface area contributed by atoms with Crippen LogP contribution in [0.5, 0.6) is 0 Å². The van der Waals surface area contributed by atoms with Gasteiger partial charge in [-0.1, -0.05) is 37.3 Å². The minimum absolute atomic E-state index is 0.0535. The van der Waals surface area contributed by atoms with Crippen LogP contribution in [0.4, 0.5) is 10.1 Å². The van der Waals surface area contributed by atoms with E-state index in [0.29, 0.717) is 24.9 Å². The molecule has 2 aromatic carbocycles. The third-order valence-electron chi connectivity index (χ3n) is 5.03. The molecule has 3 rings (SSSR count). The number of nitrogens with zero attached hydrogens (tertiary/aromatic N) is 1. The van der Waals surface area contributed by atoms with E-state index >= 15 is 0 Å². The molecule has 2 aromatic rings. The maximum absolute atomic E-state index is 13.6. The Balaban J connectivity index is 1.45. The highest BCUT2D eigenvalue weighted by atomic mass is 19.1. The molecule has 0 aromatic heterocycles. The average molecular weight is 354 g/mol. The second-order valence-electron chi connectivity index (χ2n) is 7.23. The number of hydrogen-bond donors (Lipinski definition) is 1. The fourth-order valence-corrected chi connectivity index (χ4v) is 3.49. The van der Waals surface area contributed by atoms with Gasteiger partial charge in [-0.05, 0) is 54.5 Å². The first-order valence-electron chi connectivity index (χ1n) is 9.46. The summed E-state index contributed by atoms with van der Waals surface area (Å²) in [6, 6.07) is 15.0. The summed E-state index contributed by atoms with van der Waals surface area (Å²) in [4.78, 5) is 14.4. The van der Waals surface area contributed by atoms with Crippen LogP contribution in [-0.4, -0.2) is 19.0 Å². The van der Waals surface area contributed by atoms with Crippen molar-refractivity contribution in [3.8, 4) is 0 Å². The summed E-state index contributed by atoms with van der Waals surface area (Å²) in [6.07, 6.45) is 3.28. The molecule has 0 bridgehead atoms. The van der Waals surface area contributed by atoms with Crippen molar-refractivity contribution >= 4 is 11.6 Å². The number of anilines is 1. The summed E-state index contributed by atoms with van der Waals surface area (Å²) in [5.74, 6) is 0.447. The summed E-state index contributed by atoms with van der Waals surface area (Å²) in [5.41, 5.74) is 2.92. The van der Waals surface area contributed by atoms with Crippen LogP contribution in [0, 0.1) is 11.7 Å². The second-order valence-corrected chi connectivity index (χ2v) is 7.23. The summed E-state index contributed by atoms with van der Waals surface area (Å²) >= 11 is 0. The molecule has 1 amide bonds. The minimum atomic E-state index is -0.247. The highest BCUT2D eigenvalue weighted by Gasteiger charge is 2.16. The number of carbonyl (C=O) groups excluding carboxylic acids is 1. The Kier molecular flexibility index (Phi) is 6.26. The van der Waals surface area contributed by atoms with Crippen LogP contribution in [0.1, 0.15) is 37.3 Å². The molecule has 0 radical (unpaired) electrons. The van der Waals surface area contributed by atoms with Crippen LogP contribution in [0.2, 0.25) is 0 Å². The van der Waals surface area contributed by atoms with Crippen LogP contribution in [-0.2, 0) is 17.8 Å². The van der Waals surface area contributed by atoms with E-state index in [-0.39, 0.29) is 11.7 Å². The first-order chi connectivity index (χ1) is 12.6. The van der Waals surface area contributed by atoms with Crippen LogP contribution in [0.25, 0.3) is 0 Å². The molecule has 0 spiro atoms. The number of amides is 1. The lowest BCUT2D eigenvalue weighted by Crippen LogP contribution is -2.34. The molecule has 1 aliphatic heterocycles. The van der Waals surface area contributed by atoms with Crippen molar-refractivity contribution in [3.05, 3.63) is 65.5 Å². The van der Waals surface area contributed by atoms with Gasteiger partial charge in [-0.25, -0.2) is 4.39 Å². The number of benzene rings is 2. The first kappa shape index (κ1) is 18.4. The van der Waals surface area contributed by atoms with E-state index in [1.807, 2.05) is 0 Å². The van der Waals surface area contributed by atoms with Gasteiger partial charge in [0.2, 0.25) is 5.91 Å². The lowest BCUT2D eigenvalue weighted by molar-refractivity contribution is -0.121. The molecular weight excluding hydrogens is 327 g/mol. The zero-order valence-corrected chi connectivity index (χ0v) is 15.4. The smallest absolute Gasteiger partial charge is 0.220 e. The van der Waals surface area contributed by atoms with E-state index in [9.17, 15) is 9.18 Å². The van der Waals surface area contributed by atoms with Gasteiger partial charge in [0.25, 0.3) is 0 Å². The predicted molar refractivity (Wildman–Crippen MR) is 104 cm³/mol. The van der Waals surface area contributed by atoms with Crippen molar-refractivity contribution in [2.24, 2.45) is 5.92 Å². The molecule has 0 unspecified atom stereocenters. The van der Waals surface area contributed by atoms with Gasteiger partial charge in [-0.15, -0.1) is 0 Å². The van der Waals surface area contributed by atoms with E-state index in [2.05, 4.69) is 41.4 Å². The molecule has 4 heteroatoms. The second kappa shape index (κ2) is 8.84. The van der Waals surface area contributed by atoms with Crippen molar-refractivity contribution in [2.75, 3.05) is 18.0 Å². The Morgan fingerprint density at radius 2 is 1.96 bits per heavy atom. The number of rotatable bonds is 6. The molecule has 1 N–H and O–H groups in total. The Labute approximate surface area is 155 Å². The quantitative estimate of drug-likeness (QED) is 0.838. The molecule has 1 heterocycles. The zero-order chi connectivity index (χ0) is 18.4. The van der Waals surface area contributed by atoms with E-state index in [1.54, 1.807) is 18.2 Å². The third-order valence-corrected chi connectivity index (χ3v) is 5.03. The standard InChI is InChI=1S/C22H27FN2O/c1-17-5-4-14-25(16-17)20-11-8-18(9-12-20)15-24-22(26)13-10-19-6-2-3-7-21(19)23/h2-3,6-9,11-12,17H,4-5,10,13-16H2,1H3,(H,24,26)/t17-/m0/s1. The van der Waals surface area contributed by atoms with E-state index in [1.165, 1.54) is 24.6 Å². The minimum Gasteiger partial charge on any atom is -0.371 e. The van der Waals surface area contributed by atoms with E-state index in [4.69, 9.17) is 0 Å². The lowest BCUT2D eigenvalue weighted by atomic mass is 9.99. The Morgan fingerprint density at radius 1 is 1.19 bits per heavy atom. The number of nitrogens with one attached hydrogen (secondary N) is 1. The molecular formula is C22H27FN2O. The molecule has 3 nitrogen and oxygen atoms in total. The SMILES string of the molecule is C[C@H]1CCCN(c2ccc(CNC(=O)CCc3ccccc3F)cc2)C1. The molecule has 1 atom stereocenters. The van der Waals surface area contributed by atoms with Crippen LogP contribution in [0.15, 0.2) is 48.5 Å². The normalized spacial score (nSPS) is 17.2. The van der Waals surface area contributed by atoms with Gasteiger partial charge in [-0.3, -0.25) is 4.79 Å². The molecule has 1 saturated heterocycles. The van der Waals surface area contributed by atoms with E-state index < -0.39 is 0 Å². The number of carbonyl (C=O) groups is 1. The topological polar surface area (TPSA) is 32.3 Å². The monoisotopic (exact) mass is 354 g/mol. The van der Waals surface area contributed by atoms with Crippen molar-refractivity contribution in [1.29, 1.82) is 0 Å². The van der Waals surface area contributed by atoms with Crippen LogP contribution < -0.4 is 10.2 Å². The van der Waals surface area contributed by atoms with Gasteiger partial charge < -0.3 is 10.2 Å². The maximum Gasteiger partial charge on any atom is 0.220 e. The Bertz CT molecular complexity index is 729. The van der Waals surface area contributed by atoms with Gasteiger partial charge >= 0.3 is 0 Å². The molecule has 26 heavy (non-hydrogen) atoms. The van der Waals surface area contributed by atoms with Crippen LogP contribution in [0.3, 0.4) is 0 Å². The fourth-order valence-electron chi connectivity index (χ4n) is 3.49. The Hall–Kier alpha value is -2.36. The summed E-state index contributed by atoms with van der Waals surface area (Å²) in [5, 5.41) is 2.92. The number of halogens is 1. The predicted octanol–water partition coefficient (Wildman–Crippen LogP) is 4.31. The largest absolute Gasteiger partial charge is 0.371 e. The summed E-state index contributed by atoms with van der Waals surface area (Å²) in [6.45, 7) is 5.05. The zero-order valence-electron chi connectivity index (χ0n) is 15.4. The summed E-state index contributed by atoms with van der Waals surface area (Å²) in [7, 11) is 0. The van der Waals surface area contributed by atoms with Gasteiger partial charge in [0.15, 0.2) is 0 Å². The highest BCUT2D eigenvalue weighted by Crippen LogP contribution is 2.23. The van der Waals surface area contributed by atoms with Gasteiger partial charge in [0, 0.05) is 31.7 Å². The highest BCUT2D eigenvalue weighted by molar-refractivity contribution is 5.76. The first-order valence-corrected chi connectivity index (χ1v) is 9.46. The number of aryl methyl sites for hydroxylation is 1. The van der Waals surface area contributed by atoms with Crippen molar-refractivity contribution in [3.63, 3.8) is 0 Å². The number of hydrogen-bond acceptors (Lipinski definition) is 2. The van der Waals surface area contributed by atoms with Gasteiger partial charge in [-0.2, -0.15) is 0 Å². The van der Waals surface area contributed by atoms with Crippen molar-refractivity contribution in [2.45, 2.75) is 39.2 Å².